The van der Waals surface area contributed by atoms with E-state index in [1.165, 1.54) is 5.57 Å². The van der Waals surface area contributed by atoms with E-state index in [2.05, 4.69) is 19.2 Å². The van der Waals surface area contributed by atoms with Crippen molar-refractivity contribution in [3.8, 4) is 0 Å². The van der Waals surface area contributed by atoms with Gasteiger partial charge in [0.2, 0.25) is 0 Å². The third kappa shape index (κ3) is 4.83. The topological polar surface area (TPSA) is 72.4 Å². The number of aliphatic imine (C=N–C) groups is 1. The maximum absolute atomic E-state index is 12.9. The van der Waals surface area contributed by atoms with E-state index >= 15 is 0 Å². The minimum atomic E-state index is -0.0618. The number of amidine groups is 1. The molecule has 3 aliphatic heterocycles. The van der Waals surface area contributed by atoms with Crippen molar-refractivity contribution in [2.75, 3.05) is 47.1 Å². The Morgan fingerprint density at radius 2 is 2.14 bits per heavy atom. The molecule has 3 aliphatic rings. The van der Waals surface area contributed by atoms with Crippen LogP contribution in [0.4, 0.5) is 4.79 Å². The summed E-state index contributed by atoms with van der Waals surface area (Å²) in [4.78, 5) is 19.6. The molecule has 1 spiro atoms. The molecule has 2 amide bonds. The second-order valence-electron chi connectivity index (χ2n) is 8.59. The molecule has 0 aliphatic carbocycles. The highest BCUT2D eigenvalue weighted by Gasteiger charge is 2.43. The van der Waals surface area contributed by atoms with E-state index < -0.39 is 0 Å². The van der Waals surface area contributed by atoms with Gasteiger partial charge >= 0.3 is 6.03 Å². The zero-order valence-electron chi connectivity index (χ0n) is 18.5. The number of allylic oxidation sites excluding steroid dienone is 3. The Morgan fingerprint density at radius 1 is 1.34 bits per heavy atom. The summed E-state index contributed by atoms with van der Waals surface area (Å²) >= 11 is 0. The lowest BCUT2D eigenvalue weighted by Gasteiger charge is -2.22. The van der Waals surface area contributed by atoms with Crippen molar-refractivity contribution < 1.29 is 19.0 Å². The number of hydrogen-bond donors (Lipinski definition) is 1. The molecule has 162 valence electrons. The van der Waals surface area contributed by atoms with Crippen molar-refractivity contribution in [3.63, 3.8) is 0 Å². The smallest absolute Gasteiger partial charge is 0.322 e. The van der Waals surface area contributed by atoms with E-state index in [0.717, 1.165) is 62.6 Å². The first-order chi connectivity index (χ1) is 13.9. The van der Waals surface area contributed by atoms with Gasteiger partial charge in [-0.2, -0.15) is 0 Å². The summed E-state index contributed by atoms with van der Waals surface area (Å²) in [6, 6.07) is -0.0618. The van der Waals surface area contributed by atoms with Crippen LogP contribution in [-0.4, -0.2) is 63.9 Å². The Kier molecular flexibility index (Phi) is 7.01. The Morgan fingerprint density at radius 3 is 2.79 bits per heavy atom. The van der Waals surface area contributed by atoms with E-state index in [-0.39, 0.29) is 11.4 Å². The highest BCUT2D eigenvalue weighted by Crippen LogP contribution is 2.38. The minimum absolute atomic E-state index is 0.0618. The molecule has 2 saturated heterocycles. The van der Waals surface area contributed by atoms with Crippen molar-refractivity contribution in [1.82, 2.24) is 10.2 Å². The zero-order chi connectivity index (χ0) is 21.0. The van der Waals surface area contributed by atoms with Gasteiger partial charge in [-0.25, -0.2) is 9.79 Å². The van der Waals surface area contributed by atoms with Gasteiger partial charge in [0.05, 0.1) is 25.2 Å². The van der Waals surface area contributed by atoms with E-state index in [4.69, 9.17) is 19.2 Å². The van der Waals surface area contributed by atoms with Crippen LogP contribution in [0.3, 0.4) is 0 Å². The lowest BCUT2D eigenvalue weighted by atomic mass is 9.87. The highest BCUT2D eigenvalue weighted by molar-refractivity contribution is 6.01. The number of urea groups is 1. The van der Waals surface area contributed by atoms with Gasteiger partial charge in [-0.05, 0) is 44.6 Å². The van der Waals surface area contributed by atoms with Crippen LogP contribution >= 0.6 is 0 Å². The van der Waals surface area contributed by atoms with Crippen LogP contribution in [0, 0.1) is 11.3 Å². The SMILES string of the molecule is COCCC(C)/C(C)=C1\N=C(NC(=O)N2CCC3(CCOC3)C2)C\C1=C(\C)OC. The molecule has 3 rings (SSSR count). The molecule has 29 heavy (non-hydrogen) atoms. The summed E-state index contributed by atoms with van der Waals surface area (Å²) in [5, 5.41) is 3.05. The van der Waals surface area contributed by atoms with Crippen LogP contribution in [0.5, 0.6) is 0 Å². The Bertz CT molecular complexity index is 720. The fraction of sp³-hybridized carbons (Fsp3) is 0.727. The predicted molar refractivity (Wildman–Crippen MR) is 113 cm³/mol. The Balaban J connectivity index is 1.73. The fourth-order valence-electron chi connectivity index (χ4n) is 4.33. The number of amides is 2. The number of carbonyl (C=O) groups excluding carboxylic acids is 1. The van der Waals surface area contributed by atoms with Gasteiger partial charge in [0.15, 0.2) is 0 Å². The number of rotatable bonds is 5. The van der Waals surface area contributed by atoms with Gasteiger partial charge in [0.1, 0.15) is 5.84 Å². The van der Waals surface area contributed by atoms with E-state index in [1.807, 2.05) is 11.8 Å². The summed E-state index contributed by atoms with van der Waals surface area (Å²) in [7, 11) is 3.39. The number of carbonyl (C=O) groups is 1. The third-order valence-corrected chi connectivity index (χ3v) is 6.64. The van der Waals surface area contributed by atoms with Crippen molar-refractivity contribution in [2.45, 2.75) is 46.5 Å². The van der Waals surface area contributed by atoms with Crippen LogP contribution in [0.15, 0.2) is 27.6 Å². The highest BCUT2D eigenvalue weighted by atomic mass is 16.5. The molecule has 7 heteroatoms. The van der Waals surface area contributed by atoms with Gasteiger partial charge < -0.3 is 19.1 Å². The first kappa shape index (κ1) is 21.8. The molecule has 1 N–H and O–H groups in total. The average Bonchev–Trinajstić information content (AvgIpc) is 3.46. The Labute approximate surface area is 174 Å². The lowest BCUT2D eigenvalue weighted by molar-refractivity contribution is 0.153. The van der Waals surface area contributed by atoms with E-state index in [0.29, 0.717) is 24.8 Å². The normalized spacial score (nSPS) is 28.6. The van der Waals surface area contributed by atoms with Crippen LogP contribution < -0.4 is 5.32 Å². The van der Waals surface area contributed by atoms with Gasteiger partial charge in [0.25, 0.3) is 0 Å². The second kappa shape index (κ2) is 9.30. The first-order valence-corrected chi connectivity index (χ1v) is 10.5. The number of ether oxygens (including phenoxy) is 3. The number of hydrogen-bond acceptors (Lipinski definition) is 5. The van der Waals surface area contributed by atoms with E-state index in [9.17, 15) is 4.79 Å². The molecule has 0 aromatic heterocycles. The quantitative estimate of drug-likeness (QED) is 0.711. The Hall–Kier alpha value is -1.86. The third-order valence-electron chi connectivity index (χ3n) is 6.64. The summed E-state index contributed by atoms with van der Waals surface area (Å²) in [6.45, 7) is 10.1. The fourth-order valence-corrected chi connectivity index (χ4v) is 4.33. The zero-order valence-corrected chi connectivity index (χ0v) is 18.5. The average molecular weight is 406 g/mol. The lowest BCUT2D eigenvalue weighted by Crippen LogP contribution is -2.42. The number of methoxy groups -OCH3 is 2. The van der Waals surface area contributed by atoms with E-state index in [1.54, 1.807) is 14.2 Å². The second-order valence-corrected chi connectivity index (χ2v) is 8.59. The summed E-state index contributed by atoms with van der Waals surface area (Å²) in [5.41, 5.74) is 3.34. The van der Waals surface area contributed by atoms with Gasteiger partial charge in [-0.3, -0.25) is 5.32 Å². The van der Waals surface area contributed by atoms with Gasteiger partial charge in [-0.15, -0.1) is 0 Å². The van der Waals surface area contributed by atoms with Gasteiger partial charge in [-0.1, -0.05) is 6.92 Å². The van der Waals surface area contributed by atoms with Gasteiger partial charge in [0, 0.05) is 50.8 Å². The maximum atomic E-state index is 12.9. The molecule has 2 unspecified atom stereocenters. The van der Waals surface area contributed by atoms with Crippen molar-refractivity contribution in [2.24, 2.45) is 16.3 Å². The molecular formula is C22H35N3O4. The molecule has 0 bridgehead atoms. The van der Waals surface area contributed by atoms with Crippen LogP contribution in [0.2, 0.25) is 0 Å². The number of nitrogens with zero attached hydrogens (tertiary/aromatic N) is 2. The standard InChI is InChI=1S/C22H35N3O4/c1-15(6-10-27-4)16(2)20-18(17(3)28-5)12-19(23-20)24-21(26)25-9-7-22(13-25)8-11-29-14-22/h15H,6-14H2,1-5H3,(H,23,24,26)/b18-17+,20-16-. The van der Waals surface area contributed by atoms with Crippen molar-refractivity contribution >= 4 is 11.9 Å². The minimum Gasteiger partial charge on any atom is -0.501 e. The molecular weight excluding hydrogens is 370 g/mol. The summed E-state index contributed by atoms with van der Waals surface area (Å²) in [5.74, 6) is 1.87. The summed E-state index contributed by atoms with van der Waals surface area (Å²) < 4.78 is 16.3. The molecule has 2 atom stereocenters. The van der Waals surface area contributed by atoms with Crippen LogP contribution in [-0.2, 0) is 14.2 Å². The molecule has 0 aromatic carbocycles. The molecule has 3 heterocycles. The van der Waals surface area contributed by atoms with Crippen LogP contribution in [0.25, 0.3) is 0 Å². The monoisotopic (exact) mass is 405 g/mol. The molecule has 7 nitrogen and oxygen atoms in total. The van der Waals surface area contributed by atoms with Crippen molar-refractivity contribution in [1.29, 1.82) is 0 Å². The maximum Gasteiger partial charge on any atom is 0.322 e. The molecule has 0 aromatic rings. The number of nitrogens with one attached hydrogen (secondary N) is 1. The van der Waals surface area contributed by atoms with Crippen molar-refractivity contribution in [3.05, 3.63) is 22.6 Å². The largest absolute Gasteiger partial charge is 0.501 e. The summed E-state index contributed by atoms with van der Waals surface area (Å²) in [6.07, 6.45) is 3.57. The predicted octanol–water partition coefficient (Wildman–Crippen LogP) is 3.48. The molecule has 2 fully saturated rings. The number of likely N-dealkylation sites (tertiary alicyclic amines) is 1. The molecule has 0 radical (unpaired) electrons. The first-order valence-electron chi connectivity index (χ1n) is 10.5. The molecule has 0 saturated carbocycles. The van der Waals surface area contributed by atoms with Crippen LogP contribution in [0.1, 0.15) is 46.5 Å².